The van der Waals surface area contributed by atoms with Crippen molar-refractivity contribution in [2.24, 2.45) is 5.92 Å². The Bertz CT molecular complexity index is 559. The summed E-state index contributed by atoms with van der Waals surface area (Å²) in [5.74, 6) is 0.951. The van der Waals surface area contributed by atoms with Gasteiger partial charge in [-0.2, -0.15) is 0 Å². The molecule has 2 rings (SSSR count). The summed E-state index contributed by atoms with van der Waals surface area (Å²) in [6, 6.07) is 17.3. The van der Waals surface area contributed by atoms with Crippen LogP contribution in [0.4, 0.5) is 0 Å². The fourth-order valence-corrected chi connectivity index (χ4v) is 2.18. The summed E-state index contributed by atoms with van der Waals surface area (Å²) in [6.45, 7) is 4.36. The van der Waals surface area contributed by atoms with Gasteiger partial charge in [-0.1, -0.05) is 56.3 Å². The summed E-state index contributed by atoms with van der Waals surface area (Å²) in [4.78, 5) is 12.0. The summed E-state index contributed by atoms with van der Waals surface area (Å²) < 4.78 is 5.34. The Morgan fingerprint density at radius 1 is 0.950 bits per heavy atom. The molecule has 0 N–H and O–H groups in total. The first kappa shape index (κ1) is 14.3. The number of carbonyl (C=O) groups excluding carboxylic acids is 1. The first-order valence-electron chi connectivity index (χ1n) is 6.97. The highest BCUT2D eigenvalue weighted by molar-refractivity contribution is 5.75. The molecule has 2 nitrogen and oxygen atoms in total. The fraction of sp³-hybridized carbons (Fsp3) is 0.278. The van der Waals surface area contributed by atoms with E-state index in [1.165, 1.54) is 5.56 Å². The zero-order chi connectivity index (χ0) is 14.4. The molecule has 0 aromatic heterocycles. The topological polar surface area (TPSA) is 26.3 Å². The van der Waals surface area contributed by atoms with Crippen LogP contribution in [0.3, 0.4) is 0 Å². The van der Waals surface area contributed by atoms with Crippen LogP contribution in [0.15, 0.2) is 54.6 Å². The number of para-hydroxylation sites is 1. The van der Waals surface area contributed by atoms with Crippen LogP contribution in [0.5, 0.6) is 5.75 Å². The molecule has 0 aliphatic rings. The van der Waals surface area contributed by atoms with E-state index in [2.05, 4.69) is 19.9 Å². The van der Waals surface area contributed by atoms with Gasteiger partial charge in [0.15, 0.2) is 0 Å². The van der Waals surface area contributed by atoms with Crippen LogP contribution in [0, 0.1) is 5.92 Å². The molecule has 0 radical (unpaired) electrons. The van der Waals surface area contributed by atoms with Gasteiger partial charge in [0.05, 0.1) is 6.42 Å². The van der Waals surface area contributed by atoms with Crippen LogP contribution in [0.25, 0.3) is 0 Å². The van der Waals surface area contributed by atoms with Crippen molar-refractivity contribution >= 4 is 5.97 Å². The van der Waals surface area contributed by atoms with Gasteiger partial charge >= 0.3 is 5.97 Å². The molecule has 0 atom stereocenters. The summed E-state index contributed by atoms with van der Waals surface area (Å²) in [5, 5.41) is 0. The highest BCUT2D eigenvalue weighted by Crippen LogP contribution is 2.16. The van der Waals surface area contributed by atoms with Crippen LogP contribution in [-0.2, 0) is 17.6 Å². The highest BCUT2D eigenvalue weighted by Gasteiger charge is 2.10. The summed E-state index contributed by atoms with van der Waals surface area (Å²) in [6.07, 6.45) is 1.30. The Morgan fingerprint density at radius 2 is 1.55 bits per heavy atom. The normalized spacial score (nSPS) is 10.6. The second kappa shape index (κ2) is 6.90. The summed E-state index contributed by atoms with van der Waals surface area (Å²) >= 11 is 0. The minimum atomic E-state index is -0.215. The maximum atomic E-state index is 12.0. The van der Waals surface area contributed by atoms with Crippen LogP contribution >= 0.6 is 0 Å². The highest BCUT2D eigenvalue weighted by atomic mass is 16.5. The van der Waals surface area contributed by atoms with Gasteiger partial charge in [0.2, 0.25) is 0 Å². The van der Waals surface area contributed by atoms with Gasteiger partial charge in [0, 0.05) is 0 Å². The fourth-order valence-electron chi connectivity index (χ4n) is 2.18. The van der Waals surface area contributed by atoms with Crippen molar-refractivity contribution in [2.45, 2.75) is 26.7 Å². The molecule has 0 fully saturated rings. The number of carbonyl (C=O) groups is 1. The lowest BCUT2D eigenvalue weighted by molar-refractivity contribution is -0.133. The quantitative estimate of drug-likeness (QED) is 0.604. The van der Waals surface area contributed by atoms with Gasteiger partial charge in [-0.15, -0.1) is 0 Å². The van der Waals surface area contributed by atoms with E-state index in [-0.39, 0.29) is 5.97 Å². The van der Waals surface area contributed by atoms with Gasteiger partial charge in [-0.25, -0.2) is 0 Å². The Morgan fingerprint density at radius 3 is 2.20 bits per heavy atom. The number of hydrogen-bond acceptors (Lipinski definition) is 2. The molecule has 0 amide bonds. The van der Waals surface area contributed by atoms with Gasteiger partial charge in [0.1, 0.15) is 5.75 Å². The molecule has 20 heavy (non-hydrogen) atoms. The predicted molar refractivity (Wildman–Crippen MR) is 80.8 cm³/mol. The van der Waals surface area contributed by atoms with Gasteiger partial charge < -0.3 is 4.74 Å². The van der Waals surface area contributed by atoms with E-state index in [1.807, 2.05) is 36.4 Å². The van der Waals surface area contributed by atoms with E-state index in [1.54, 1.807) is 12.1 Å². The third kappa shape index (κ3) is 4.23. The minimum absolute atomic E-state index is 0.215. The number of hydrogen-bond donors (Lipinski definition) is 0. The lowest BCUT2D eigenvalue weighted by Gasteiger charge is -2.11. The van der Waals surface area contributed by atoms with Crippen LogP contribution in [-0.4, -0.2) is 5.97 Å². The van der Waals surface area contributed by atoms with Crippen molar-refractivity contribution < 1.29 is 9.53 Å². The van der Waals surface area contributed by atoms with Crippen molar-refractivity contribution in [2.75, 3.05) is 0 Å². The summed E-state index contributed by atoms with van der Waals surface area (Å²) in [5.41, 5.74) is 2.29. The zero-order valence-corrected chi connectivity index (χ0v) is 12.0. The monoisotopic (exact) mass is 268 g/mol. The van der Waals surface area contributed by atoms with E-state index in [9.17, 15) is 4.79 Å². The minimum Gasteiger partial charge on any atom is -0.426 e. The van der Waals surface area contributed by atoms with E-state index in [4.69, 9.17) is 4.74 Å². The molecular weight excluding hydrogens is 248 g/mol. The lowest BCUT2D eigenvalue weighted by atomic mass is 9.96. The molecular formula is C18H20O2. The van der Waals surface area contributed by atoms with Crippen molar-refractivity contribution in [1.29, 1.82) is 0 Å². The largest absolute Gasteiger partial charge is 0.426 e. The van der Waals surface area contributed by atoms with Gasteiger partial charge in [-0.3, -0.25) is 4.79 Å². The van der Waals surface area contributed by atoms with Crippen LogP contribution in [0.2, 0.25) is 0 Å². The van der Waals surface area contributed by atoms with Crippen LogP contribution < -0.4 is 4.74 Å². The number of rotatable bonds is 5. The van der Waals surface area contributed by atoms with E-state index >= 15 is 0 Å². The zero-order valence-electron chi connectivity index (χ0n) is 12.0. The third-order valence-electron chi connectivity index (χ3n) is 3.06. The lowest BCUT2D eigenvalue weighted by Crippen LogP contribution is -2.13. The second-order valence-electron chi connectivity index (χ2n) is 5.33. The van der Waals surface area contributed by atoms with Crippen LogP contribution in [0.1, 0.15) is 25.0 Å². The molecule has 0 bridgehead atoms. The number of benzene rings is 2. The Kier molecular flexibility index (Phi) is 4.94. The van der Waals surface area contributed by atoms with E-state index in [0.717, 1.165) is 12.0 Å². The third-order valence-corrected chi connectivity index (χ3v) is 3.06. The predicted octanol–water partition coefficient (Wildman–Crippen LogP) is 4.03. The number of ether oxygens (including phenoxy) is 1. The van der Waals surface area contributed by atoms with Crippen molar-refractivity contribution in [1.82, 2.24) is 0 Å². The maximum Gasteiger partial charge on any atom is 0.315 e. The van der Waals surface area contributed by atoms with Gasteiger partial charge in [0.25, 0.3) is 0 Å². The van der Waals surface area contributed by atoms with E-state index < -0.39 is 0 Å². The Balaban J connectivity index is 2.04. The molecule has 2 heteroatoms. The Hall–Kier alpha value is -2.09. The maximum absolute atomic E-state index is 12.0. The first-order chi connectivity index (χ1) is 9.65. The van der Waals surface area contributed by atoms with Crippen molar-refractivity contribution in [3.8, 4) is 5.75 Å². The Labute approximate surface area is 120 Å². The SMILES string of the molecule is CC(C)Cc1ccccc1CC(=O)Oc1ccccc1. The molecule has 0 spiro atoms. The molecule has 0 aliphatic carbocycles. The molecule has 2 aromatic rings. The molecule has 0 saturated carbocycles. The molecule has 2 aromatic carbocycles. The molecule has 0 heterocycles. The molecule has 0 aliphatic heterocycles. The molecule has 0 unspecified atom stereocenters. The second-order valence-corrected chi connectivity index (χ2v) is 5.33. The first-order valence-corrected chi connectivity index (χ1v) is 6.97. The molecule has 0 saturated heterocycles. The van der Waals surface area contributed by atoms with E-state index in [0.29, 0.717) is 18.1 Å². The standard InChI is InChI=1S/C18H20O2/c1-14(2)12-15-8-6-7-9-16(15)13-18(19)20-17-10-4-3-5-11-17/h3-11,14H,12-13H2,1-2H3. The smallest absolute Gasteiger partial charge is 0.315 e. The average Bonchev–Trinajstić information content (AvgIpc) is 2.41. The average molecular weight is 268 g/mol. The van der Waals surface area contributed by atoms with Gasteiger partial charge in [-0.05, 0) is 35.6 Å². The molecule has 104 valence electrons. The van der Waals surface area contributed by atoms with Crippen molar-refractivity contribution in [3.63, 3.8) is 0 Å². The summed E-state index contributed by atoms with van der Waals surface area (Å²) in [7, 11) is 0. The number of esters is 1. The van der Waals surface area contributed by atoms with Crippen molar-refractivity contribution in [3.05, 3.63) is 65.7 Å².